The molecule has 0 saturated carbocycles. The number of carbonyl (C=O) groups is 3. The lowest BCUT2D eigenvalue weighted by Crippen LogP contribution is -2.38. The number of hydrogen-bond acceptors (Lipinski definition) is 3. The van der Waals surface area contributed by atoms with Crippen molar-refractivity contribution in [1.29, 1.82) is 0 Å². The molecular weight excluding hydrogens is 404 g/mol. The van der Waals surface area contributed by atoms with E-state index < -0.39 is 5.92 Å². The number of aromatic nitrogens is 1. The van der Waals surface area contributed by atoms with Crippen LogP contribution >= 0.6 is 11.6 Å². The van der Waals surface area contributed by atoms with Gasteiger partial charge >= 0.3 is 0 Å². The Labute approximate surface area is 178 Å². The van der Waals surface area contributed by atoms with E-state index in [-0.39, 0.29) is 24.1 Å². The highest BCUT2D eigenvalue weighted by Gasteiger charge is 2.34. The average molecular weight is 425 g/mol. The van der Waals surface area contributed by atoms with E-state index in [0.29, 0.717) is 30.2 Å². The molecule has 7 nitrogen and oxygen atoms in total. The fourth-order valence-electron chi connectivity index (χ4n) is 3.55. The van der Waals surface area contributed by atoms with Gasteiger partial charge in [0.2, 0.25) is 11.8 Å². The summed E-state index contributed by atoms with van der Waals surface area (Å²) in [6.07, 6.45) is 1.99. The maximum atomic E-state index is 12.4. The summed E-state index contributed by atoms with van der Waals surface area (Å²) in [7, 11) is 0. The van der Waals surface area contributed by atoms with Gasteiger partial charge in [-0.25, -0.2) is 0 Å². The summed E-state index contributed by atoms with van der Waals surface area (Å²) in [6.45, 7) is 0.921. The zero-order valence-electron chi connectivity index (χ0n) is 16.2. The van der Waals surface area contributed by atoms with Crippen molar-refractivity contribution >= 4 is 45.9 Å². The van der Waals surface area contributed by atoms with E-state index in [1.165, 1.54) is 0 Å². The van der Waals surface area contributed by atoms with Crippen molar-refractivity contribution in [2.24, 2.45) is 5.92 Å². The number of benzene rings is 2. The van der Waals surface area contributed by atoms with Crippen molar-refractivity contribution in [3.8, 4) is 0 Å². The van der Waals surface area contributed by atoms with Gasteiger partial charge in [0.05, 0.1) is 5.92 Å². The molecule has 1 aromatic heterocycles. The lowest BCUT2D eigenvalue weighted by molar-refractivity contribution is -0.126. The average Bonchev–Trinajstić information content (AvgIpc) is 3.37. The highest BCUT2D eigenvalue weighted by atomic mass is 35.5. The minimum absolute atomic E-state index is 0.0921. The topological polar surface area (TPSA) is 94.3 Å². The van der Waals surface area contributed by atoms with Gasteiger partial charge in [0.25, 0.3) is 5.91 Å². The van der Waals surface area contributed by atoms with E-state index >= 15 is 0 Å². The monoisotopic (exact) mass is 424 g/mol. The molecular formula is C22H21ClN4O3. The van der Waals surface area contributed by atoms with Gasteiger partial charge in [-0.05, 0) is 47.9 Å². The van der Waals surface area contributed by atoms with Crippen LogP contribution < -0.4 is 15.5 Å². The minimum Gasteiger partial charge on any atom is -0.361 e. The quantitative estimate of drug-likeness (QED) is 0.531. The van der Waals surface area contributed by atoms with Gasteiger partial charge in [-0.1, -0.05) is 17.7 Å². The van der Waals surface area contributed by atoms with E-state index in [1.54, 1.807) is 41.3 Å². The van der Waals surface area contributed by atoms with Gasteiger partial charge in [0, 0.05) is 54.0 Å². The van der Waals surface area contributed by atoms with Gasteiger partial charge < -0.3 is 20.5 Å². The molecule has 1 atom stereocenters. The minimum atomic E-state index is -0.417. The van der Waals surface area contributed by atoms with Gasteiger partial charge in [0.1, 0.15) is 0 Å². The molecule has 8 heteroatoms. The maximum absolute atomic E-state index is 12.4. The molecule has 154 valence electrons. The highest BCUT2D eigenvalue weighted by molar-refractivity contribution is 6.30. The molecule has 1 aliphatic rings. The summed E-state index contributed by atoms with van der Waals surface area (Å²) in [6, 6.07) is 14.3. The summed E-state index contributed by atoms with van der Waals surface area (Å²) in [4.78, 5) is 41.7. The molecule has 3 aromatic rings. The molecule has 0 unspecified atom stereocenters. The standard InChI is InChI=1S/C22H21ClN4O3/c23-17-3-5-18(6-4-17)27-13-16(12-20(27)28)22(30)26-10-9-25-21(29)15-2-1-14-7-8-24-19(14)11-15/h1-8,11,16,24H,9-10,12-13H2,(H,25,29)(H,26,30)/t16-/m0/s1. The van der Waals surface area contributed by atoms with Crippen molar-refractivity contribution in [2.45, 2.75) is 6.42 Å². The van der Waals surface area contributed by atoms with Crippen LogP contribution in [0.2, 0.25) is 5.02 Å². The number of H-pyrrole nitrogens is 1. The van der Waals surface area contributed by atoms with Crippen LogP contribution in [0.3, 0.4) is 0 Å². The van der Waals surface area contributed by atoms with Crippen molar-refractivity contribution in [1.82, 2.24) is 15.6 Å². The van der Waals surface area contributed by atoms with Crippen LogP contribution in [0.15, 0.2) is 54.7 Å². The third kappa shape index (κ3) is 4.31. The molecule has 30 heavy (non-hydrogen) atoms. The molecule has 0 spiro atoms. The zero-order chi connectivity index (χ0) is 21.1. The second-order valence-electron chi connectivity index (χ2n) is 7.21. The summed E-state index contributed by atoms with van der Waals surface area (Å²) in [5.74, 6) is -0.905. The van der Waals surface area contributed by atoms with Crippen LogP contribution in [0.1, 0.15) is 16.8 Å². The van der Waals surface area contributed by atoms with Crippen LogP contribution in [0.25, 0.3) is 10.9 Å². The number of hydrogen-bond donors (Lipinski definition) is 3. The summed E-state index contributed by atoms with van der Waals surface area (Å²) in [5.41, 5.74) is 2.18. The summed E-state index contributed by atoms with van der Waals surface area (Å²) >= 11 is 5.89. The van der Waals surface area contributed by atoms with Crippen LogP contribution in [-0.4, -0.2) is 42.3 Å². The predicted molar refractivity (Wildman–Crippen MR) is 116 cm³/mol. The Kier molecular flexibility index (Phi) is 5.72. The number of nitrogens with zero attached hydrogens (tertiary/aromatic N) is 1. The molecule has 1 saturated heterocycles. The van der Waals surface area contributed by atoms with Crippen LogP contribution in [0.5, 0.6) is 0 Å². The smallest absolute Gasteiger partial charge is 0.251 e. The molecule has 0 radical (unpaired) electrons. The van der Waals surface area contributed by atoms with Crippen molar-refractivity contribution in [2.75, 3.05) is 24.5 Å². The first-order chi connectivity index (χ1) is 14.5. The van der Waals surface area contributed by atoms with Gasteiger partial charge in [0.15, 0.2) is 0 Å². The molecule has 1 fully saturated rings. The normalized spacial score (nSPS) is 16.1. The molecule has 2 aromatic carbocycles. The van der Waals surface area contributed by atoms with Gasteiger partial charge in [-0.3, -0.25) is 14.4 Å². The highest BCUT2D eigenvalue weighted by Crippen LogP contribution is 2.26. The molecule has 2 heterocycles. The Hall–Kier alpha value is -3.32. The number of rotatable bonds is 6. The fraction of sp³-hybridized carbons (Fsp3) is 0.227. The second-order valence-corrected chi connectivity index (χ2v) is 7.64. The Bertz CT molecular complexity index is 1090. The van der Waals surface area contributed by atoms with E-state index in [1.807, 2.05) is 18.3 Å². The number of fused-ring (bicyclic) bond motifs is 1. The van der Waals surface area contributed by atoms with Crippen LogP contribution in [0, 0.1) is 5.92 Å². The number of carbonyl (C=O) groups excluding carboxylic acids is 3. The number of anilines is 1. The summed E-state index contributed by atoms with van der Waals surface area (Å²) in [5, 5.41) is 7.22. The van der Waals surface area contributed by atoms with Crippen LogP contribution in [0.4, 0.5) is 5.69 Å². The molecule has 3 amide bonds. The number of amides is 3. The van der Waals surface area contributed by atoms with E-state index in [2.05, 4.69) is 15.6 Å². The first-order valence-electron chi connectivity index (χ1n) is 9.70. The number of halogens is 1. The Balaban J connectivity index is 1.24. The third-order valence-electron chi connectivity index (χ3n) is 5.16. The number of nitrogens with one attached hydrogen (secondary N) is 3. The molecule has 4 rings (SSSR count). The molecule has 3 N–H and O–H groups in total. The molecule has 1 aliphatic heterocycles. The van der Waals surface area contributed by atoms with E-state index in [9.17, 15) is 14.4 Å². The lowest BCUT2D eigenvalue weighted by atomic mass is 10.1. The Morgan fingerprint density at radius 1 is 1.07 bits per heavy atom. The maximum Gasteiger partial charge on any atom is 0.251 e. The van der Waals surface area contributed by atoms with Crippen LogP contribution in [-0.2, 0) is 9.59 Å². The Morgan fingerprint density at radius 3 is 2.63 bits per heavy atom. The predicted octanol–water partition coefficient (Wildman–Crippen LogP) is 2.72. The first kappa shape index (κ1) is 20.0. The SMILES string of the molecule is O=C(NCCNC(=O)[C@H]1CC(=O)N(c2ccc(Cl)cc2)C1)c1ccc2cc[nH]c2c1. The van der Waals surface area contributed by atoms with Crippen molar-refractivity contribution in [3.63, 3.8) is 0 Å². The van der Waals surface area contributed by atoms with Gasteiger partial charge in [-0.2, -0.15) is 0 Å². The van der Waals surface area contributed by atoms with Gasteiger partial charge in [-0.15, -0.1) is 0 Å². The largest absolute Gasteiger partial charge is 0.361 e. The van der Waals surface area contributed by atoms with Crippen molar-refractivity contribution < 1.29 is 14.4 Å². The summed E-state index contributed by atoms with van der Waals surface area (Å²) < 4.78 is 0. The molecule has 0 aliphatic carbocycles. The third-order valence-corrected chi connectivity index (χ3v) is 5.41. The molecule has 0 bridgehead atoms. The van der Waals surface area contributed by atoms with E-state index in [4.69, 9.17) is 11.6 Å². The van der Waals surface area contributed by atoms with Crippen molar-refractivity contribution in [3.05, 3.63) is 65.3 Å². The first-order valence-corrected chi connectivity index (χ1v) is 10.1. The number of aromatic amines is 1. The fourth-order valence-corrected chi connectivity index (χ4v) is 3.68. The lowest BCUT2D eigenvalue weighted by Gasteiger charge is -2.16. The van der Waals surface area contributed by atoms with E-state index in [0.717, 1.165) is 16.6 Å². The Morgan fingerprint density at radius 2 is 1.83 bits per heavy atom. The second kappa shape index (κ2) is 8.59. The zero-order valence-corrected chi connectivity index (χ0v) is 16.9.